The number of ether oxygens (including phenoxy) is 2. The second-order valence-corrected chi connectivity index (χ2v) is 11.6. The fraction of sp³-hybridized carbons (Fsp3) is 0.385. The van der Waals surface area contributed by atoms with Crippen LogP contribution in [0.5, 0.6) is 11.5 Å². The summed E-state index contributed by atoms with van der Waals surface area (Å²) in [5.41, 5.74) is 3.56. The number of nitrogens with one attached hydrogen (secondary N) is 1. The maximum Gasteiger partial charge on any atom is 0.241 e. The number of sulfonamides is 1. The number of benzene rings is 2. The van der Waals surface area contributed by atoms with Crippen molar-refractivity contribution in [1.29, 1.82) is 0 Å². The van der Waals surface area contributed by atoms with Gasteiger partial charge in [0.1, 0.15) is 16.3 Å². The van der Waals surface area contributed by atoms with Gasteiger partial charge in [-0.25, -0.2) is 13.6 Å². The minimum absolute atomic E-state index is 0.0636. The number of rotatable bonds is 7. The lowest BCUT2D eigenvalue weighted by molar-refractivity contribution is 0.149. The molecule has 0 saturated carbocycles. The Morgan fingerprint density at radius 2 is 1.95 bits per heavy atom. The number of aromatic nitrogens is 3. The largest absolute Gasteiger partial charge is 0.496 e. The number of anilines is 1. The molecule has 0 atom stereocenters. The molecule has 2 saturated heterocycles. The molecule has 38 heavy (non-hydrogen) atoms. The van der Waals surface area contributed by atoms with Crippen LogP contribution in [-0.4, -0.2) is 63.8 Å². The molecule has 2 fully saturated rings. The number of hydrogen-bond acceptors (Lipinski definition) is 9. The van der Waals surface area contributed by atoms with Gasteiger partial charge in [-0.2, -0.15) is 5.10 Å². The van der Waals surface area contributed by atoms with Gasteiger partial charge in [-0.3, -0.25) is 4.68 Å². The van der Waals surface area contributed by atoms with Crippen molar-refractivity contribution in [2.45, 2.75) is 24.3 Å². The monoisotopic (exact) mass is 538 g/mol. The van der Waals surface area contributed by atoms with E-state index in [-0.39, 0.29) is 16.1 Å². The molecule has 2 aliphatic rings. The van der Waals surface area contributed by atoms with Gasteiger partial charge in [-0.1, -0.05) is 5.16 Å². The van der Waals surface area contributed by atoms with E-state index in [9.17, 15) is 8.42 Å². The topological polar surface area (TPSA) is 138 Å². The normalized spacial score (nSPS) is 17.1. The molecule has 0 amide bonds. The second-order valence-electron chi connectivity index (χ2n) is 10.1. The van der Waals surface area contributed by atoms with Gasteiger partial charge >= 0.3 is 0 Å². The average molecular weight is 539 g/mol. The summed E-state index contributed by atoms with van der Waals surface area (Å²) in [5, 5.41) is 18.4. The van der Waals surface area contributed by atoms with Gasteiger partial charge < -0.3 is 24.2 Å². The molecule has 0 radical (unpaired) electrons. The molecule has 3 N–H and O–H groups in total. The Morgan fingerprint density at radius 1 is 1.16 bits per heavy atom. The first kappa shape index (κ1) is 24.7. The molecule has 1 spiro atoms. The SMILES string of the molecule is COc1c(S(N)(=O)=O)ccc(-c2noc3cc(Cn4cccn4)cc(OC)c23)c1N1CC2(CCNCC2)C1. The minimum Gasteiger partial charge on any atom is -0.496 e. The maximum absolute atomic E-state index is 12.5. The third-order valence-electron chi connectivity index (χ3n) is 7.62. The predicted molar refractivity (Wildman–Crippen MR) is 142 cm³/mol. The smallest absolute Gasteiger partial charge is 0.241 e. The predicted octanol–water partition coefficient (Wildman–Crippen LogP) is 2.59. The third-order valence-corrected chi connectivity index (χ3v) is 8.55. The van der Waals surface area contributed by atoms with Gasteiger partial charge in [-0.05, 0) is 61.8 Å². The van der Waals surface area contributed by atoms with Crippen LogP contribution in [0.4, 0.5) is 5.69 Å². The van der Waals surface area contributed by atoms with E-state index in [1.54, 1.807) is 19.4 Å². The summed E-state index contributed by atoms with van der Waals surface area (Å²) in [6.45, 7) is 4.06. The third kappa shape index (κ3) is 4.18. The van der Waals surface area contributed by atoms with Crippen molar-refractivity contribution >= 4 is 26.7 Å². The van der Waals surface area contributed by atoms with Crippen LogP contribution in [-0.2, 0) is 16.6 Å². The number of methoxy groups -OCH3 is 2. The van der Waals surface area contributed by atoms with Gasteiger partial charge in [0.2, 0.25) is 10.0 Å². The zero-order chi connectivity index (χ0) is 26.5. The Balaban J connectivity index is 1.49. The maximum atomic E-state index is 12.5. The molecular formula is C26H30N6O5S. The molecule has 2 aromatic carbocycles. The molecule has 4 aromatic rings. The quantitative estimate of drug-likeness (QED) is 0.364. The standard InChI is InChI=1S/C26H30N6O5S/c1-35-19-12-17(14-32-11-3-8-29-32)13-20-22(19)23(30-37-20)18-4-5-21(38(27,33)34)25(36-2)24(18)31-15-26(16-31)6-9-28-10-7-26/h3-5,8,11-13,28H,6-7,9-10,14-16H2,1-2H3,(H2,27,33,34). The van der Waals surface area contributed by atoms with Crippen molar-refractivity contribution in [2.75, 3.05) is 45.3 Å². The van der Waals surface area contributed by atoms with Gasteiger partial charge in [-0.15, -0.1) is 0 Å². The number of primary sulfonamides is 1. The van der Waals surface area contributed by atoms with Crippen LogP contribution in [0.25, 0.3) is 22.2 Å². The van der Waals surface area contributed by atoms with Crippen LogP contribution in [0, 0.1) is 5.41 Å². The summed E-state index contributed by atoms with van der Waals surface area (Å²) in [7, 11) is -0.968. The summed E-state index contributed by atoms with van der Waals surface area (Å²) in [4.78, 5) is 2.10. The average Bonchev–Trinajstić information content (AvgIpc) is 3.56. The lowest BCUT2D eigenvalue weighted by atomic mass is 9.72. The second kappa shape index (κ2) is 9.29. The fourth-order valence-electron chi connectivity index (χ4n) is 5.78. The zero-order valence-electron chi connectivity index (χ0n) is 21.3. The summed E-state index contributed by atoms with van der Waals surface area (Å²) >= 11 is 0. The van der Waals surface area contributed by atoms with E-state index < -0.39 is 10.0 Å². The number of nitrogens with two attached hydrogens (primary N) is 1. The number of piperidine rings is 1. The van der Waals surface area contributed by atoms with Gasteiger partial charge in [0, 0.05) is 36.5 Å². The van der Waals surface area contributed by atoms with Gasteiger partial charge in [0.05, 0.1) is 31.8 Å². The summed E-state index contributed by atoms with van der Waals surface area (Å²) in [6, 6.07) is 8.91. The Kier molecular flexibility index (Phi) is 6.04. The molecule has 0 unspecified atom stereocenters. The summed E-state index contributed by atoms with van der Waals surface area (Å²) < 4.78 is 44.1. The van der Waals surface area contributed by atoms with E-state index in [0.717, 1.165) is 44.6 Å². The zero-order valence-corrected chi connectivity index (χ0v) is 22.1. The first-order valence-electron chi connectivity index (χ1n) is 12.5. The molecule has 6 rings (SSSR count). The van der Waals surface area contributed by atoms with Crippen molar-refractivity contribution in [1.82, 2.24) is 20.3 Å². The fourth-order valence-corrected chi connectivity index (χ4v) is 6.48. The Labute approximate surface area is 220 Å². The lowest BCUT2D eigenvalue weighted by Gasteiger charge is -2.54. The number of nitrogens with zero attached hydrogens (tertiary/aromatic N) is 4. The van der Waals surface area contributed by atoms with Crippen molar-refractivity contribution in [3.63, 3.8) is 0 Å². The van der Waals surface area contributed by atoms with Crippen LogP contribution in [0.2, 0.25) is 0 Å². The van der Waals surface area contributed by atoms with Gasteiger partial charge in [0.25, 0.3) is 0 Å². The van der Waals surface area contributed by atoms with Crippen molar-refractivity contribution in [3.8, 4) is 22.8 Å². The molecule has 4 heterocycles. The van der Waals surface area contributed by atoms with Crippen LogP contribution in [0.1, 0.15) is 18.4 Å². The van der Waals surface area contributed by atoms with E-state index in [2.05, 4.69) is 20.5 Å². The first-order chi connectivity index (χ1) is 18.3. The first-order valence-corrected chi connectivity index (χ1v) is 14.0. The molecule has 12 heteroatoms. The van der Waals surface area contributed by atoms with Crippen molar-refractivity contribution in [2.24, 2.45) is 10.6 Å². The number of hydrogen-bond donors (Lipinski definition) is 2. The summed E-state index contributed by atoms with van der Waals surface area (Å²) in [5.74, 6) is 0.805. The Hall–Kier alpha value is -3.61. The van der Waals surface area contributed by atoms with Crippen LogP contribution >= 0.6 is 0 Å². The lowest BCUT2D eigenvalue weighted by Crippen LogP contribution is -2.60. The van der Waals surface area contributed by atoms with E-state index in [1.807, 2.05) is 29.1 Å². The van der Waals surface area contributed by atoms with E-state index in [4.69, 9.17) is 19.1 Å². The van der Waals surface area contributed by atoms with Crippen LogP contribution in [0.3, 0.4) is 0 Å². The Bertz CT molecular complexity index is 1580. The highest BCUT2D eigenvalue weighted by atomic mass is 32.2. The Morgan fingerprint density at radius 3 is 2.61 bits per heavy atom. The minimum atomic E-state index is -4.03. The molecular weight excluding hydrogens is 508 g/mol. The van der Waals surface area contributed by atoms with E-state index in [0.29, 0.717) is 40.2 Å². The van der Waals surface area contributed by atoms with Gasteiger partial charge in [0.15, 0.2) is 11.3 Å². The van der Waals surface area contributed by atoms with Crippen LogP contribution < -0.4 is 24.8 Å². The molecule has 0 aliphatic carbocycles. The van der Waals surface area contributed by atoms with Crippen LogP contribution in [0.15, 0.2) is 52.1 Å². The molecule has 2 aliphatic heterocycles. The summed E-state index contributed by atoms with van der Waals surface area (Å²) in [6.07, 6.45) is 5.74. The van der Waals surface area contributed by atoms with E-state index in [1.165, 1.54) is 13.2 Å². The highest BCUT2D eigenvalue weighted by Gasteiger charge is 2.45. The number of fused-ring (bicyclic) bond motifs is 1. The molecule has 11 nitrogen and oxygen atoms in total. The molecule has 0 bridgehead atoms. The van der Waals surface area contributed by atoms with Crippen molar-refractivity contribution < 1.29 is 22.4 Å². The highest BCUT2D eigenvalue weighted by Crippen LogP contribution is 2.51. The highest BCUT2D eigenvalue weighted by molar-refractivity contribution is 7.89. The van der Waals surface area contributed by atoms with Crippen molar-refractivity contribution in [3.05, 3.63) is 48.3 Å². The molecule has 2 aromatic heterocycles. The van der Waals surface area contributed by atoms with E-state index >= 15 is 0 Å². The molecule has 200 valence electrons.